The van der Waals surface area contributed by atoms with Gasteiger partial charge in [-0.2, -0.15) is 0 Å². The van der Waals surface area contributed by atoms with E-state index in [-0.39, 0.29) is 12.1 Å². The normalized spacial score (nSPS) is 29.6. The van der Waals surface area contributed by atoms with Crippen LogP contribution < -0.4 is 0 Å². The largest absolute Gasteiger partial charge is 0.444 e. The van der Waals surface area contributed by atoms with Gasteiger partial charge in [-0.3, -0.25) is 0 Å². The Kier molecular flexibility index (Phi) is 4.36. The van der Waals surface area contributed by atoms with Crippen molar-refractivity contribution < 1.29 is 19.0 Å². The van der Waals surface area contributed by atoms with E-state index in [9.17, 15) is 4.79 Å². The van der Waals surface area contributed by atoms with Crippen LogP contribution in [0.15, 0.2) is 0 Å². The van der Waals surface area contributed by atoms with Crippen LogP contribution >= 0.6 is 0 Å². The van der Waals surface area contributed by atoms with Gasteiger partial charge >= 0.3 is 6.09 Å². The van der Waals surface area contributed by atoms with E-state index in [0.717, 1.165) is 19.3 Å². The summed E-state index contributed by atoms with van der Waals surface area (Å²) in [4.78, 5) is 14.1. The number of epoxide rings is 1. The standard InChI is InChI=1S/C14H25NO4/c1-14(2,3)19-13(16)15(7-8-17-4)10-5-6-11-12(9-10)18-11/h10-12H,5-9H2,1-4H3/t10?,11-,12+/m1/s1. The molecule has 1 heterocycles. The van der Waals surface area contributed by atoms with E-state index in [0.29, 0.717) is 25.4 Å². The van der Waals surface area contributed by atoms with Crippen molar-refractivity contribution >= 4 is 6.09 Å². The SMILES string of the molecule is COCCN(C(=O)OC(C)(C)C)C1CC[C@H]2O[C@H]2C1. The maximum absolute atomic E-state index is 12.3. The van der Waals surface area contributed by atoms with E-state index in [4.69, 9.17) is 14.2 Å². The van der Waals surface area contributed by atoms with Crippen LogP contribution in [0, 0.1) is 0 Å². The molecule has 5 heteroatoms. The topological polar surface area (TPSA) is 51.3 Å². The molecule has 1 aliphatic heterocycles. The van der Waals surface area contributed by atoms with Gasteiger partial charge in [-0.05, 0) is 40.0 Å². The van der Waals surface area contributed by atoms with Crippen LogP contribution in [-0.4, -0.2) is 55.1 Å². The summed E-state index contributed by atoms with van der Waals surface area (Å²) in [5, 5.41) is 0. The molecule has 0 aromatic heterocycles. The van der Waals surface area contributed by atoms with Gasteiger partial charge in [0.15, 0.2) is 0 Å². The molecule has 2 aliphatic rings. The van der Waals surface area contributed by atoms with Crippen LogP contribution in [0.25, 0.3) is 0 Å². The maximum atomic E-state index is 12.3. The number of carbonyl (C=O) groups excluding carboxylic acids is 1. The first-order valence-corrected chi connectivity index (χ1v) is 7.05. The molecule has 0 aromatic rings. The Balaban J connectivity index is 1.95. The van der Waals surface area contributed by atoms with Gasteiger partial charge in [-0.15, -0.1) is 0 Å². The van der Waals surface area contributed by atoms with Crippen molar-refractivity contribution in [2.24, 2.45) is 0 Å². The minimum absolute atomic E-state index is 0.216. The van der Waals surface area contributed by atoms with E-state index in [1.807, 2.05) is 25.7 Å². The van der Waals surface area contributed by atoms with Gasteiger partial charge in [-0.25, -0.2) is 4.79 Å². The summed E-state index contributed by atoms with van der Waals surface area (Å²) in [7, 11) is 1.65. The monoisotopic (exact) mass is 271 g/mol. The van der Waals surface area contributed by atoms with Crippen LogP contribution in [0.4, 0.5) is 4.79 Å². The third-order valence-corrected chi connectivity index (χ3v) is 3.58. The second kappa shape index (κ2) is 5.67. The first-order chi connectivity index (χ1) is 8.90. The second-order valence-corrected chi connectivity index (χ2v) is 6.35. The van der Waals surface area contributed by atoms with Gasteiger partial charge in [0.2, 0.25) is 0 Å². The first-order valence-electron chi connectivity index (χ1n) is 7.05. The van der Waals surface area contributed by atoms with Crippen LogP contribution in [0.5, 0.6) is 0 Å². The number of hydrogen-bond donors (Lipinski definition) is 0. The number of hydrogen-bond acceptors (Lipinski definition) is 4. The number of rotatable bonds is 4. The molecular weight excluding hydrogens is 246 g/mol. The second-order valence-electron chi connectivity index (χ2n) is 6.35. The van der Waals surface area contributed by atoms with Gasteiger partial charge < -0.3 is 19.1 Å². The summed E-state index contributed by atoms with van der Waals surface area (Å²) in [6.45, 7) is 6.78. The average Bonchev–Trinajstić information content (AvgIpc) is 3.05. The van der Waals surface area contributed by atoms with Gasteiger partial charge in [0.1, 0.15) is 5.60 Å². The van der Waals surface area contributed by atoms with Gasteiger partial charge in [0.25, 0.3) is 0 Å². The molecule has 1 saturated heterocycles. The molecule has 0 bridgehead atoms. The van der Waals surface area contributed by atoms with E-state index in [1.54, 1.807) is 7.11 Å². The summed E-state index contributed by atoms with van der Waals surface area (Å²) in [5.41, 5.74) is -0.463. The summed E-state index contributed by atoms with van der Waals surface area (Å²) in [6.07, 6.45) is 3.51. The molecule has 0 aromatic carbocycles. The van der Waals surface area contributed by atoms with Gasteiger partial charge in [-0.1, -0.05) is 0 Å². The predicted molar refractivity (Wildman–Crippen MR) is 71.1 cm³/mol. The number of ether oxygens (including phenoxy) is 3. The zero-order valence-corrected chi connectivity index (χ0v) is 12.3. The highest BCUT2D eigenvalue weighted by atomic mass is 16.6. The van der Waals surface area contributed by atoms with E-state index < -0.39 is 5.60 Å². The average molecular weight is 271 g/mol. The van der Waals surface area contributed by atoms with Gasteiger partial charge in [0.05, 0.1) is 18.8 Å². The molecule has 2 rings (SSSR count). The smallest absolute Gasteiger partial charge is 0.410 e. The number of fused-ring (bicyclic) bond motifs is 1. The van der Waals surface area contributed by atoms with Crippen molar-refractivity contribution in [1.82, 2.24) is 4.90 Å². The lowest BCUT2D eigenvalue weighted by molar-refractivity contribution is 0.00705. The molecule has 2 fully saturated rings. The Morgan fingerprint density at radius 3 is 2.63 bits per heavy atom. The molecule has 5 nitrogen and oxygen atoms in total. The third kappa shape index (κ3) is 4.08. The van der Waals surface area contributed by atoms with E-state index in [1.165, 1.54) is 0 Å². The molecule has 0 radical (unpaired) electrons. The Morgan fingerprint density at radius 2 is 2.05 bits per heavy atom. The number of methoxy groups -OCH3 is 1. The molecule has 1 unspecified atom stereocenters. The molecule has 19 heavy (non-hydrogen) atoms. The Bertz CT molecular complexity index is 326. The van der Waals surface area contributed by atoms with Crippen molar-refractivity contribution in [2.45, 2.75) is 63.9 Å². The lowest BCUT2D eigenvalue weighted by atomic mass is 9.94. The fraction of sp³-hybridized carbons (Fsp3) is 0.929. The summed E-state index contributed by atoms with van der Waals surface area (Å²) in [5.74, 6) is 0. The maximum Gasteiger partial charge on any atom is 0.410 e. The van der Waals surface area contributed by atoms with Crippen LogP contribution in [0.2, 0.25) is 0 Å². The van der Waals surface area contributed by atoms with E-state index in [2.05, 4.69) is 0 Å². The zero-order chi connectivity index (χ0) is 14.0. The lowest BCUT2D eigenvalue weighted by Gasteiger charge is -2.34. The number of carbonyl (C=O) groups is 1. The van der Waals surface area contributed by atoms with Crippen molar-refractivity contribution in [3.63, 3.8) is 0 Å². The fourth-order valence-electron chi connectivity index (χ4n) is 2.60. The molecule has 0 spiro atoms. The van der Waals surface area contributed by atoms with E-state index >= 15 is 0 Å². The molecule has 0 N–H and O–H groups in total. The van der Waals surface area contributed by atoms with Crippen LogP contribution in [-0.2, 0) is 14.2 Å². The number of amides is 1. The molecular formula is C14H25NO4. The van der Waals surface area contributed by atoms with Crippen molar-refractivity contribution in [3.05, 3.63) is 0 Å². The Hall–Kier alpha value is -0.810. The summed E-state index contributed by atoms with van der Waals surface area (Å²) < 4.78 is 16.1. The van der Waals surface area contributed by atoms with Crippen molar-refractivity contribution in [3.8, 4) is 0 Å². The quantitative estimate of drug-likeness (QED) is 0.735. The number of nitrogens with zero attached hydrogens (tertiary/aromatic N) is 1. The minimum Gasteiger partial charge on any atom is -0.444 e. The predicted octanol–water partition coefficient (Wildman–Crippen LogP) is 2.19. The molecule has 110 valence electrons. The molecule has 1 aliphatic carbocycles. The van der Waals surface area contributed by atoms with Crippen LogP contribution in [0.3, 0.4) is 0 Å². The third-order valence-electron chi connectivity index (χ3n) is 3.58. The highest BCUT2D eigenvalue weighted by Crippen LogP contribution is 2.38. The Morgan fingerprint density at radius 1 is 1.32 bits per heavy atom. The Labute approximate surface area is 115 Å². The summed E-state index contributed by atoms with van der Waals surface area (Å²) >= 11 is 0. The van der Waals surface area contributed by atoms with Crippen molar-refractivity contribution in [2.75, 3.05) is 20.3 Å². The fourth-order valence-corrected chi connectivity index (χ4v) is 2.60. The van der Waals surface area contributed by atoms with Crippen molar-refractivity contribution in [1.29, 1.82) is 0 Å². The van der Waals surface area contributed by atoms with Gasteiger partial charge in [0, 0.05) is 19.7 Å². The highest BCUT2D eigenvalue weighted by molar-refractivity contribution is 5.68. The highest BCUT2D eigenvalue weighted by Gasteiger charge is 2.46. The molecule has 3 atom stereocenters. The van der Waals surface area contributed by atoms with Crippen LogP contribution in [0.1, 0.15) is 40.0 Å². The first kappa shape index (κ1) is 14.6. The minimum atomic E-state index is -0.463. The summed E-state index contributed by atoms with van der Waals surface area (Å²) in [6, 6.07) is 0.216. The zero-order valence-electron chi connectivity index (χ0n) is 12.3. The molecule has 1 amide bonds. The lowest BCUT2D eigenvalue weighted by Crippen LogP contribution is -2.46. The molecule has 1 saturated carbocycles.